The van der Waals surface area contributed by atoms with Gasteiger partial charge in [0.1, 0.15) is 17.5 Å². The molecule has 1 aliphatic rings. The monoisotopic (exact) mass is 267 g/mol. The van der Waals surface area contributed by atoms with Crippen LogP contribution in [0.3, 0.4) is 0 Å². The molecule has 3 nitrogen and oxygen atoms in total. The Morgan fingerprint density at radius 1 is 0.895 bits per heavy atom. The highest BCUT2D eigenvalue weighted by Gasteiger charge is 2.38. The minimum atomic E-state index is -1.24. The number of benzene rings is 2. The minimum Gasteiger partial charge on any atom is -0.282 e. The summed E-state index contributed by atoms with van der Waals surface area (Å²) in [5.74, 6) is -5.34. The molecule has 0 amide bonds. The molecule has 0 aromatic heterocycles. The van der Waals surface area contributed by atoms with Crippen LogP contribution in [0.25, 0.3) is 10.8 Å². The van der Waals surface area contributed by atoms with Crippen molar-refractivity contribution < 1.29 is 17.7 Å². The Labute approximate surface area is 104 Å². The van der Waals surface area contributed by atoms with Crippen LogP contribution in [0, 0.1) is 28.3 Å². The van der Waals surface area contributed by atoms with Crippen LogP contribution in [-0.4, -0.2) is 16.8 Å². The molecule has 2 N–H and O–H groups in total. The lowest BCUT2D eigenvalue weighted by molar-refractivity contribution is 0.227. The average Bonchev–Trinajstić information content (AvgIpc) is 2.61. The van der Waals surface area contributed by atoms with E-state index >= 15 is 0 Å². The molecule has 0 spiro atoms. The van der Waals surface area contributed by atoms with Crippen molar-refractivity contribution in [2.75, 3.05) is 0 Å². The van der Waals surface area contributed by atoms with Crippen LogP contribution < -0.4 is 0 Å². The number of nitrogens with zero attached hydrogens (tertiary/aromatic N) is 1. The molecule has 7 heteroatoms. The van der Waals surface area contributed by atoms with Gasteiger partial charge in [-0.25, -0.2) is 13.2 Å². The summed E-state index contributed by atoms with van der Waals surface area (Å²) in [6, 6.07) is 3.26. The fourth-order valence-electron chi connectivity index (χ4n) is 2.16. The van der Waals surface area contributed by atoms with Gasteiger partial charge in [0, 0.05) is 5.39 Å². The van der Waals surface area contributed by atoms with E-state index in [0.29, 0.717) is 0 Å². The number of amidine groups is 2. The van der Waals surface area contributed by atoms with Gasteiger partial charge in [0.25, 0.3) is 0 Å². The second kappa shape index (κ2) is 3.53. The van der Waals surface area contributed by atoms with E-state index in [1.54, 1.807) is 0 Å². The van der Waals surface area contributed by atoms with Gasteiger partial charge in [0.15, 0.2) is 11.7 Å². The Morgan fingerprint density at radius 3 is 2.11 bits per heavy atom. The second-order valence-electron chi connectivity index (χ2n) is 4.02. The number of hydrogen-bond donors (Lipinski definition) is 2. The summed E-state index contributed by atoms with van der Waals surface area (Å²) < 4.78 is 55.3. The van der Waals surface area contributed by atoms with E-state index in [4.69, 9.17) is 10.8 Å². The predicted molar refractivity (Wildman–Crippen MR) is 60.4 cm³/mol. The predicted octanol–water partition coefficient (Wildman–Crippen LogP) is 3.11. The first-order valence-corrected chi connectivity index (χ1v) is 5.18. The first kappa shape index (κ1) is 11.6. The maximum Gasteiger partial charge on any atom is 0.168 e. The van der Waals surface area contributed by atoms with Gasteiger partial charge in [-0.05, 0) is 6.07 Å². The first-order chi connectivity index (χ1) is 8.95. The van der Waals surface area contributed by atoms with Gasteiger partial charge in [-0.15, -0.1) is 5.12 Å². The van der Waals surface area contributed by atoms with Crippen LogP contribution in [0.15, 0.2) is 18.2 Å². The largest absolute Gasteiger partial charge is 0.282 e. The smallest absolute Gasteiger partial charge is 0.168 e. The van der Waals surface area contributed by atoms with Crippen molar-refractivity contribution in [3.63, 3.8) is 0 Å². The fraction of sp³-hybridized carbons (Fsp3) is 0. The highest BCUT2D eigenvalue weighted by molar-refractivity contribution is 6.24. The van der Waals surface area contributed by atoms with Gasteiger partial charge < -0.3 is 0 Å². The van der Waals surface area contributed by atoms with Crippen molar-refractivity contribution in [2.45, 2.75) is 0 Å². The summed E-state index contributed by atoms with van der Waals surface area (Å²) in [5.41, 5.74) is -1.40. The maximum atomic E-state index is 14.2. The van der Waals surface area contributed by atoms with Crippen LogP contribution >= 0.6 is 0 Å². The molecule has 3 rings (SSSR count). The van der Waals surface area contributed by atoms with Gasteiger partial charge in [-0.3, -0.25) is 10.8 Å². The summed E-state index contributed by atoms with van der Waals surface area (Å²) in [4.78, 5) is 0. The molecule has 2 aromatic carbocycles. The van der Waals surface area contributed by atoms with E-state index in [9.17, 15) is 17.7 Å². The molecular weight excluding hydrogens is 262 g/mol. The van der Waals surface area contributed by atoms with Gasteiger partial charge in [-0.2, -0.15) is 0 Å². The highest BCUT2D eigenvalue weighted by Crippen LogP contribution is 2.35. The van der Waals surface area contributed by atoms with Crippen molar-refractivity contribution in [2.24, 2.45) is 0 Å². The molecule has 0 unspecified atom stereocenters. The topological polar surface area (TPSA) is 50.9 Å². The zero-order valence-corrected chi connectivity index (χ0v) is 9.19. The number of fused-ring (bicyclic) bond motifs is 2. The summed E-state index contributed by atoms with van der Waals surface area (Å²) in [6.45, 7) is 0. The lowest BCUT2D eigenvalue weighted by Gasteiger charge is -2.07. The van der Waals surface area contributed by atoms with Crippen molar-refractivity contribution >= 4 is 22.4 Å². The molecule has 1 heterocycles. The maximum absolute atomic E-state index is 14.2. The van der Waals surface area contributed by atoms with E-state index in [2.05, 4.69) is 0 Å². The van der Waals surface area contributed by atoms with E-state index < -0.39 is 50.8 Å². The third-order valence-corrected chi connectivity index (χ3v) is 3.02. The lowest BCUT2D eigenvalue weighted by Crippen LogP contribution is -2.20. The summed E-state index contributed by atoms with van der Waals surface area (Å²) in [5, 5.41) is 13.2. The molecule has 0 atom stereocenters. The molecule has 2 aromatic rings. The molecule has 1 aliphatic heterocycles. The SMILES string of the molecule is N=C1c2c(c(F)c3c(F)cccc3c2F)C(=N)N1F. The van der Waals surface area contributed by atoms with E-state index in [1.807, 2.05) is 0 Å². The lowest BCUT2D eigenvalue weighted by atomic mass is 9.99. The van der Waals surface area contributed by atoms with Crippen molar-refractivity contribution in [1.29, 1.82) is 10.8 Å². The van der Waals surface area contributed by atoms with Crippen molar-refractivity contribution in [3.8, 4) is 0 Å². The molecule has 19 heavy (non-hydrogen) atoms. The Bertz CT molecular complexity index is 769. The number of nitrogens with one attached hydrogen (secondary N) is 2. The van der Waals surface area contributed by atoms with Crippen LogP contribution in [0.2, 0.25) is 0 Å². The van der Waals surface area contributed by atoms with Crippen molar-refractivity contribution in [3.05, 3.63) is 46.8 Å². The van der Waals surface area contributed by atoms with Gasteiger partial charge in [-0.1, -0.05) is 16.6 Å². The quantitative estimate of drug-likeness (QED) is 0.559. The van der Waals surface area contributed by atoms with Crippen LogP contribution in [0.5, 0.6) is 0 Å². The summed E-state index contributed by atoms with van der Waals surface area (Å²) in [6.07, 6.45) is 0. The molecular formula is C12H5F4N3. The third-order valence-electron chi connectivity index (χ3n) is 3.02. The molecule has 0 fully saturated rings. The molecule has 0 bridgehead atoms. The number of halogens is 4. The Hall–Kier alpha value is -2.44. The molecule has 0 radical (unpaired) electrons. The first-order valence-electron chi connectivity index (χ1n) is 5.18. The highest BCUT2D eigenvalue weighted by atomic mass is 19.2. The van der Waals surface area contributed by atoms with Crippen LogP contribution in [0.4, 0.5) is 17.7 Å². The van der Waals surface area contributed by atoms with Gasteiger partial charge in [0.2, 0.25) is 0 Å². The number of hydrogen-bond acceptors (Lipinski definition) is 2. The third kappa shape index (κ3) is 1.26. The molecule has 0 saturated carbocycles. The van der Waals surface area contributed by atoms with Crippen LogP contribution in [0.1, 0.15) is 11.1 Å². The number of rotatable bonds is 0. The van der Waals surface area contributed by atoms with E-state index in [1.165, 1.54) is 6.07 Å². The Balaban J connectivity index is 2.58. The minimum absolute atomic E-state index is 0.385. The molecule has 0 aliphatic carbocycles. The average molecular weight is 267 g/mol. The fourth-order valence-corrected chi connectivity index (χ4v) is 2.16. The molecule has 96 valence electrons. The summed E-state index contributed by atoms with van der Waals surface area (Å²) in [7, 11) is 0. The van der Waals surface area contributed by atoms with Gasteiger partial charge >= 0.3 is 0 Å². The standard InChI is InChI=1S/C12H5F4N3/c13-5-3-1-2-4-6(5)10(15)8-7(9(4)14)11(17)19(16)12(8)18/h1-3,17-18H. The zero-order valence-electron chi connectivity index (χ0n) is 9.19. The zero-order chi connectivity index (χ0) is 13.9. The normalized spacial score (nSPS) is 14.4. The van der Waals surface area contributed by atoms with Crippen molar-refractivity contribution in [1.82, 2.24) is 5.12 Å². The molecule has 0 saturated heterocycles. The van der Waals surface area contributed by atoms with E-state index in [-0.39, 0.29) is 5.39 Å². The second-order valence-corrected chi connectivity index (χ2v) is 4.02. The summed E-state index contributed by atoms with van der Waals surface area (Å²) >= 11 is 0. The van der Waals surface area contributed by atoms with Crippen LogP contribution in [-0.2, 0) is 0 Å². The Morgan fingerprint density at radius 2 is 1.47 bits per heavy atom. The Kier molecular flexibility index (Phi) is 2.16. The van der Waals surface area contributed by atoms with E-state index in [0.717, 1.165) is 12.1 Å². The van der Waals surface area contributed by atoms with Gasteiger partial charge in [0.05, 0.1) is 16.5 Å².